The van der Waals surface area contributed by atoms with Crippen molar-refractivity contribution in [3.63, 3.8) is 0 Å². The van der Waals surface area contributed by atoms with E-state index in [-0.39, 0.29) is 6.61 Å². The lowest BCUT2D eigenvalue weighted by Crippen LogP contribution is -2.38. The molecule has 1 aliphatic heterocycles. The summed E-state index contributed by atoms with van der Waals surface area (Å²) in [7, 11) is 1.71. The number of ether oxygens (including phenoxy) is 1. The fraction of sp³-hybridized carbons (Fsp3) is 0.647. The molecule has 1 heterocycles. The van der Waals surface area contributed by atoms with E-state index in [4.69, 9.17) is 15.6 Å². The van der Waals surface area contributed by atoms with E-state index >= 15 is 0 Å². The van der Waals surface area contributed by atoms with E-state index in [0.29, 0.717) is 18.4 Å². The largest absolute Gasteiger partial charge is 0.496 e. The van der Waals surface area contributed by atoms with Gasteiger partial charge in [-0.1, -0.05) is 12.1 Å². The highest BCUT2D eigenvalue weighted by atomic mass is 16.5. The van der Waals surface area contributed by atoms with E-state index in [1.807, 2.05) is 6.07 Å². The molecule has 4 nitrogen and oxygen atoms in total. The number of aliphatic hydroxyl groups is 1. The van der Waals surface area contributed by atoms with Crippen LogP contribution in [0.3, 0.4) is 0 Å². The van der Waals surface area contributed by atoms with Crippen LogP contribution in [0.2, 0.25) is 0 Å². The van der Waals surface area contributed by atoms with Crippen LogP contribution in [0.4, 0.5) is 0 Å². The molecule has 1 aromatic rings. The lowest BCUT2D eigenvalue weighted by Gasteiger charge is -2.35. The maximum absolute atomic E-state index is 9.02. The van der Waals surface area contributed by atoms with Crippen molar-refractivity contribution < 1.29 is 9.84 Å². The molecule has 118 valence electrons. The third-order valence-electron chi connectivity index (χ3n) is 4.72. The van der Waals surface area contributed by atoms with Gasteiger partial charge in [-0.3, -0.25) is 0 Å². The number of β-amino-alcohol motifs (C(OH)–C–C–N with tert-alkyl or cyclic N) is 1. The molecule has 0 radical (unpaired) electrons. The first-order chi connectivity index (χ1) is 10.2. The minimum absolute atomic E-state index is 0.253. The first kappa shape index (κ1) is 16.3. The summed E-state index contributed by atoms with van der Waals surface area (Å²) in [5, 5.41) is 9.02. The fourth-order valence-corrected chi connectivity index (χ4v) is 3.45. The van der Waals surface area contributed by atoms with Gasteiger partial charge in [-0.25, -0.2) is 0 Å². The second-order valence-corrected chi connectivity index (χ2v) is 5.97. The molecule has 1 atom stereocenters. The number of nitrogens with two attached hydrogens (primary N) is 1. The zero-order valence-electron chi connectivity index (χ0n) is 13.2. The van der Waals surface area contributed by atoms with Crippen LogP contribution < -0.4 is 10.5 Å². The van der Waals surface area contributed by atoms with Gasteiger partial charge in [0.1, 0.15) is 5.75 Å². The van der Waals surface area contributed by atoms with Gasteiger partial charge in [0, 0.05) is 6.54 Å². The first-order valence-electron chi connectivity index (χ1n) is 7.87. The number of aryl methyl sites for hydroxylation is 1. The summed E-state index contributed by atoms with van der Waals surface area (Å²) in [6, 6.07) is 6.42. The van der Waals surface area contributed by atoms with E-state index in [1.165, 1.54) is 11.1 Å². The summed E-state index contributed by atoms with van der Waals surface area (Å²) in [6.45, 7) is 5.95. The minimum atomic E-state index is 0.253. The molecule has 0 amide bonds. The average molecular weight is 292 g/mol. The molecule has 2 rings (SSSR count). The topological polar surface area (TPSA) is 58.7 Å². The molecule has 1 aliphatic rings. The van der Waals surface area contributed by atoms with E-state index in [2.05, 4.69) is 24.0 Å². The Morgan fingerprint density at radius 2 is 2.10 bits per heavy atom. The molecule has 1 fully saturated rings. The molecular weight excluding hydrogens is 264 g/mol. The molecule has 1 saturated heterocycles. The summed E-state index contributed by atoms with van der Waals surface area (Å²) in [4.78, 5) is 2.34. The number of nitrogens with zero attached hydrogens (tertiary/aromatic N) is 1. The summed E-state index contributed by atoms with van der Waals surface area (Å²) in [6.07, 6.45) is 2.32. The normalized spacial score (nSPS) is 18.7. The molecule has 0 saturated carbocycles. The van der Waals surface area contributed by atoms with Gasteiger partial charge >= 0.3 is 0 Å². The Balaban J connectivity index is 2.05. The first-order valence-corrected chi connectivity index (χ1v) is 7.87. The maximum atomic E-state index is 9.02. The number of piperidine rings is 1. The van der Waals surface area contributed by atoms with E-state index in [1.54, 1.807) is 7.11 Å². The van der Waals surface area contributed by atoms with Gasteiger partial charge in [0.05, 0.1) is 13.7 Å². The summed E-state index contributed by atoms with van der Waals surface area (Å²) >= 11 is 0. The van der Waals surface area contributed by atoms with Gasteiger partial charge in [0.25, 0.3) is 0 Å². The second kappa shape index (κ2) is 7.78. The number of hydrogen-bond donors (Lipinski definition) is 2. The second-order valence-electron chi connectivity index (χ2n) is 5.97. The molecular formula is C17H28N2O2. The van der Waals surface area contributed by atoms with Crippen molar-refractivity contribution in [2.45, 2.75) is 25.7 Å². The predicted octanol–water partition coefficient (Wildman–Crippen LogP) is 1.75. The van der Waals surface area contributed by atoms with Gasteiger partial charge in [0.2, 0.25) is 0 Å². The summed E-state index contributed by atoms with van der Waals surface area (Å²) in [5.41, 5.74) is 8.57. The van der Waals surface area contributed by atoms with E-state index < -0.39 is 0 Å². The predicted molar refractivity (Wildman–Crippen MR) is 85.8 cm³/mol. The number of benzene rings is 1. The quantitative estimate of drug-likeness (QED) is 0.838. The Morgan fingerprint density at radius 1 is 1.38 bits per heavy atom. The Morgan fingerprint density at radius 3 is 2.62 bits per heavy atom. The fourth-order valence-electron chi connectivity index (χ4n) is 3.45. The van der Waals surface area contributed by atoms with Crippen LogP contribution in [0, 0.1) is 12.8 Å². The molecule has 4 heteroatoms. The number of rotatable bonds is 6. The number of hydrogen-bond acceptors (Lipinski definition) is 4. The SMILES string of the molecule is COc1ccc(C(CN)C2CCN(CCO)CC2)cc1C. The Kier molecular flexibility index (Phi) is 6.03. The van der Waals surface area contributed by atoms with Crippen LogP contribution in [0.15, 0.2) is 18.2 Å². The van der Waals surface area contributed by atoms with Crippen LogP contribution in [-0.2, 0) is 0 Å². The van der Waals surface area contributed by atoms with E-state index in [9.17, 15) is 0 Å². The average Bonchev–Trinajstić information content (AvgIpc) is 2.50. The molecule has 0 bridgehead atoms. The number of methoxy groups -OCH3 is 1. The highest BCUT2D eigenvalue weighted by Crippen LogP contribution is 2.33. The van der Waals surface area contributed by atoms with Crippen LogP contribution in [0.5, 0.6) is 5.75 Å². The van der Waals surface area contributed by atoms with Crippen LogP contribution >= 0.6 is 0 Å². The maximum Gasteiger partial charge on any atom is 0.121 e. The molecule has 3 N–H and O–H groups in total. The molecule has 0 aromatic heterocycles. The Bertz CT molecular complexity index is 442. The Labute approximate surface area is 127 Å². The molecule has 0 aliphatic carbocycles. The third kappa shape index (κ3) is 3.96. The monoisotopic (exact) mass is 292 g/mol. The highest BCUT2D eigenvalue weighted by Gasteiger charge is 2.26. The zero-order chi connectivity index (χ0) is 15.2. The molecule has 0 spiro atoms. The van der Waals surface area contributed by atoms with Gasteiger partial charge < -0.3 is 20.5 Å². The lowest BCUT2D eigenvalue weighted by molar-refractivity contribution is 0.138. The third-order valence-corrected chi connectivity index (χ3v) is 4.72. The Hall–Kier alpha value is -1.10. The van der Waals surface area contributed by atoms with Crippen molar-refractivity contribution in [1.29, 1.82) is 0 Å². The molecule has 1 unspecified atom stereocenters. The standard InChI is InChI=1S/C17H28N2O2/c1-13-11-15(3-4-17(13)21-2)16(12-18)14-5-7-19(8-6-14)9-10-20/h3-4,11,14,16,20H,5-10,12,18H2,1-2H3. The summed E-state index contributed by atoms with van der Waals surface area (Å²) < 4.78 is 5.34. The smallest absolute Gasteiger partial charge is 0.121 e. The van der Waals surface area contributed by atoms with Crippen molar-refractivity contribution in [3.8, 4) is 5.75 Å². The number of aliphatic hydroxyl groups excluding tert-OH is 1. The number of likely N-dealkylation sites (tertiary alicyclic amines) is 1. The van der Waals surface area contributed by atoms with Crippen molar-refractivity contribution in [1.82, 2.24) is 4.90 Å². The van der Waals surface area contributed by atoms with Gasteiger partial charge in [-0.2, -0.15) is 0 Å². The van der Waals surface area contributed by atoms with Crippen molar-refractivity contribution in [2.75, 3.05) is 39.9 Å². The van der Waals surface area contributed by atoms with Crippen molar-refractivity contribution in [3.05, 3.63) is 29.3 Å². The van der Waals surface area contributed by atoms with Gasteiger partial charge in [-0.15, -0.1) is 0 Å². The zero-order valence-corrected chi connectivity index (χ0v) is 13.2. The molecule has 21 heavy (non-hydrogen) atoms. The van der Waals surface area contributed by atoms with Crippen LogP contribution in [-0.4, -0.2) is 49.9 Å². The van der Waals surface area contributed by atoms with Crippen molar-refractivity contribution in [2.24, 2.45) is 11.7 Å². The van der Waals surface area contributed by atoms with Gasteiger partial charge in [-0.05, 0) is 68.4 Å². The highest BCUT2D eigenvalue weighted by molar-refractivity contribution is 5.38. The molecule has 1 aromatic carbocycles. The van der Waals surface area contributed by atoms with Crippen LogP contribution in [0.25, 0.3) is 0 Å². The summed E-state index contributed by atoms with van der Waals surface area (Å²) in [5.74, 6) is 2.00. The van der Waals surface area contributed by atoms with Crippen LogP contribution in [0.1, 0.15) is 29.9 Å². The van der Waals surface area contributed by atoms with Crippen molar-refractivity contribution >= 4 is 0 Å². The minimum Gasteiger partial charge on any atom is -0.496 e. The van der Waals surface area contributed by atoms with E-state index in [0.717, 1.165) is 38.2 Å². The lowest BCUT2D eigenvalue weighted by atomic mass is 9.79. The van der Waals surface area contributed by atoms with Gasteiger partial charge in [0.15, 0.2) is 0 Å².